The average Bonchev–Trinajstić information content (AvgIpc) is 2.67. The number of hydrogen-bond acceptors (Lipinski definition) is 3. The maximum atomic E-state index is 4.99. The molecule has 1 aliphatic carbocycles. The van der Waals surface area contributed by atoms with Crippen LogP contribution >= 0.6 is 9.24 Å². The summed E-state index contributed by atoms with van der Waals surface area (Å²) >= 11 is 0. The minimum absolute atomic E-state index is 0.667. The van der Waals surface area contributed by atoms with E-state index in [4.69, 9.17) is 9.97 Å². The molecule has 2 atom stereocenters. The van der Waals surface area contributed by atoms with Crippen LogP contribution in [-0.4, -0.2) is 36.0 Å². The van der Waals surface area contributed by atoms with E-state index in [2.05, 4.69) is 28.3 Å². The van der Waals surface area contributed by atoms with Gasteiger partial charge in [0.2, 0.25) is 7.28 Å². The van der Waals surface area contributed by atoms with Crippen molar-refractivity contribution in [3.63, 3.8) is 0 Å². The average molecular weight is 330 g/mol. The molecule has 2 heterocycles. The molecule has 23 heavy (non-hydrogen) atoms. The van der Waals surface area contributed by atoms with Crippen LogP contribution in [0.1, 0.15) is 63.1 Å². The van der Waals surface area contributed by atoms with Crippen molar-refractivity contribution in [2.45, 2.75) is 76.7 Å². The molecule has 5 heteroatoms. The van der Waals surface area contributed by atoms with Gasteiger partial charge in [-0.15, -0.1) is 9.24 Å². The van der Waals surface area contributed by atoms with E-state index in [1.54, 1.807) is 0 Å². The van der Waals surface area contributed by atoms with Gasteiger partial charge in [0.05, 0.1) is 5.72 Å². The first-order valence-corrected chi connectivity index (χ1v) is 10.2. The molecule has 0 N–H and O–H groups in total. The molecule has 125 valence electrons. The fraction of sp³-hybridized carbons (Fsp3) is 0.778. The first-order chi connectivity index (χ1) is 11.3. The quantitative estimate of drug-likeness (QED) is 0.484. The van der Waals surface area contributed by atoms with Gasteiger partial charge in [0.15, 0.2) is 0 Å². The zero-order valence-electron chi connectivity index (χ0n) is 14.6. The summed E-state index contributed by atoms with van der Waals surface area (Å²) < 4.78 is 0. The number of nitrogens with zero attached hydrogens (tertiary/aromatic N) is 3. The van der Waals surface area contributed by atoms with E-state index in [-0.39, 0.29) is 0 Å². The van der Waals surface area contributed by atoms with Crippen molar-refractivity contribution in [1.82, 2.24) is 9.97 Å². The lowest BCUT2D eigenvalue weighted by Crippen LogP contribution is -2.34. The molecule has 3 nitrogen and oxygen atoms in total. The minimum atomic E-state index is 0.667. The fourth-order valence-electron chi connectivity index (χ4n) is 3.85. The van der Waals surface area contributed by atoms with Crippen molar-refractivity contribution >= 4 is 28.1 Å². The van der Waals surface area contributed by atoms with E-state index >= 15 is 0 Å². The molecule has 1 fully saturated rings. The van der Waals surface area contributed by atoms with E-state index in [9.17, 15) is 0 Å². The molecule has 1 saturated heterocycles. The highest BCUT2D eigenvalue weighted by molar-refractivity contribution is 7.17. The van der Waals surface area contributed by atoms with E-state index < -0.39 is 0 Å². The lowest BCUT2D eigenvalue weighted by Gasteiger charge is -2.29. The Labute approximate surface area is 144 Å². The SMILES string of the molecule is CC[B]c1nc2c(c(N3CCCCCCC3)n1)CCCC(P)C2. The van der Waals surface area contributed by atoms with Crippen LogP contribution in [0.2, 0.25) is 6.32 Å². The Kier molecular flexibility index (Phi) is 6.33. The Morgan fingerprint density at radius 2 is 1.83 bits per heavy atom. The summed E-state index contributed by atoms with van der Waals surface area (Å²) in [5.74, 6) is 1.26. The largest absolute Gasteiger partial charge is 0.356 e. The molecule has 0 spiro atoms. The summed E-state index contributed by atoms with van der Waals surface area (Å²) in [7, 11) is 5.20. The fourth-order valence-corrected chi connectivity index (χ4v) is 4.31. The molecule has 0 saturated carbocycles. The first kappa shape index (κ1) is 17.2. The lowest BCUT2D eigenvalue weighted by atomic mass is 9.74. The Bertz CT molecular complexity index is 515. The summed E-state index contributed by atoms with van der Waals surface area (Å²) in [5, 5.41) is 0. The summed E-state index contributed by atoms with van der Waals surface area (Å²) in [6.07, 6.45) is 12.5. The number of hydrogen-bond donors (Lipinski definition) is 0. The molecule has 1 aliphatic heterocycles. The topological polar surface area (TPSA) is 29.0 Å². The van der Waals surface area contributed by atoms with Crippen LogP contribution < -0.4 is 10.6 Å². The number of rotatable bonds is 3. The van der Waals surface area contributed by atoms with Crippen LogP contribution in [0.3, 0.4) is 0 Å². The Balaban J connectivity index is 1.95. The molecular weight excluding hydrogens is 300 g/mol. The van der Waals surface area contributed by atoms with Gasteiger partial charge < -0.3 is 4.90 Å². The van der Waals surface area contributed by atoms with Gasteiger partial charge in [-0.2, -0.15) is 0 Å². The van der Waals surface area contributed by atoms with E-state index in [0.29, 0.717) is 5.66 Å². The van der Waals surface area contributed by atoms with Gasteiger partial charge in [0, 0.05) is 24.3 Å². The van der Waals surface area contributed by atoms with Crippen LogP contribution in [0.15, 0.2) is 0 Å². The molecule has 2 aliphatic rings. The van der Waals surface area contributed by atoms with E-state index in [1.807, 2.05) is 0 Å². The Morgan fingerprint density at radius 3 is 2.57 bits per heavy atom. The van der Waals surface area contributed by atoms with Gasteiger partial charge >= 0.3 is 0 Å². The van der Waals surface area contributed by atoms with Crippen molar-refractivity contribution in [2.75, 3.05) is 18.0 Å². The standard InChI is InChI=1S/C18H30BN3P/c1-2-19-18-20-16-13-14(23)9-8-10-15(16)17(21-18)22-11-6-4-3-5-7-12-22/h14H,2-13,23H2,1H3. The molecular formula is C18H30BN3P. The number of fused-ring (bicyclic) bond motifs is 1. The van der Waals surface area contributed by atoms with Gasteiger partial charge in [-0.25, -0.2) is 9.97 Å². The molecule has 0 amide bonds. The predicted molar refractivity (Wildman–Crippen MR) is 103 cm³/mol. The summed E-state index contributed by atoms with van der Waals surface area (Å²) in [5.41, 5.74) is 4.38. The van der Waals surface area contributed by atoms with Crippen molar-refractivity contribution in [3.8, 4) is 0 Å². The lowest BCUT2D eigenvalue weighted by molar-refractivity contribution is 0.552. The van der Waals surface area contributed by atoms with Gasteiger partial charge in [-0.1, -0.05) is 32.5 Å². The maximum absolute atomic E-state index is 4.99. The van der Waals surface area contributed by atoms with E-state index in [1.165, 1.54) is 75.1 Å². The number of anilines is 1. The predicted octanol–water partition coefficient (Wildman–Crippen LogP) is 3.14. The molecule has 3 rings (SSSR count). The van der Waals surface area contributed by atoms with Crippen LogP contribution in [0.5, 0.6) is 0 Å². The maximum Gasteiger partial charge on any atom is 0.204 e. The van der Waals surface area contributed by atoms with Crippen LogP contribution in [-0.2, 0) is 12.8 Å². The summed E-state index contributed by atoms with van der Waals surface area (Å²) in [6, 6.07) is 0. The second-order valence-corrected chi connectivity index (χ2v) is 8.00. The molecule has 0 bridgehead atoms. The number of aromatic nitrogens is 2. The molecule has 1 radical (unpaired) electrons. The van der Waals surface area contributed by atoms with Gasteiger partial charge in [0.25, 0.3) is 0 Å². The summed E-state index contributed by atoms with van der Waals surface area (Å²) in [4.78, 5) is 12.5. The first-order valence-electron chi connectivity index (χ1n) is 9.51. The highest BCUT2D eigenvalue weighted by atomic mass is 31.0. The molecule has 1 aromatic heterocycles. The third kappa shape index (κ3) is 4.47. The molecule has 0 aromatic carbocycles. The smallest absolute Gasteiger partial charge is 0.204 e. The summed E-state index contributed by atoms with van der Waals surface area (Å²) in [6.45, 7) is 4.50. The van der Waals surface area contributed by atoms with Gasteiger partial charge in [-0.05, 0) is 44.2 Å². The Hall–Kier alpha value is -0.625. The molecule has 2 unspecified atom stereocenters. The zero-order valence-corrected chi connectivity index (χ0v) is 15.7. The van der Waals surface area contributed by atoms with Gasteiger partial charge in [0.1, 0.15) is 5.82 Å². The van der Waals surface area contributed by atoms with Crippen LogP contribution in [0.25, 0.3) is 0 Å². The second-order valence-electron chi connectivity index (χ2n) is 7.05. The Morgan fingerprint density at radius 1 is 1.09 bits per heavy atom. The van der Waals surface area contributed by atoms with Crippen molar-refractivity contribution in [1.29, 1.82) is 0 Å². The van der Waals surface area contributed by atoms with Gasteiger partial charge in [-0.3, -0.25) is 0 Å². The van der Waals surface area contributed by atoms with Crippen LogP contribution in [0.4, 0.5) is 5.82 Å². The van der Waals surface area contributed by atoms with Crippen LogP contribution in [0, 0.1) is 0 Å². The van der Waals surface area contributed by atoms with Crippen molar-refractivity contribution in [2.24, 2.45) is 0 Å². The zero-order chi connectivity index (χ0) is 16.1. The highest BCUT2D eigenvalue weighted by Crippen LogP contribution is 2.29. The highest BCUT2D eigenvalue weighted by Gasteiger charge is 2.23. The second kappa shape index (κ2) is 8.47. The normalized spacial score (nSPS) is 22.7. The van der Waals surface area contributed by atoms with E-state index in [0.717, 1.165) is 24.9 Å². The molecule has 1 aromatic rings. The third-order valence-electron chi connectivity index (χ3n) is 5.09. The van der Waals surface area contributed by atoms with Crippen molar-refractivity contribution < 1.29 is 0 Å². The third-order valence-corrected chi connectivity index (χ3v) is 5.66. The monoisotopic (exact) mass is 330 g/mol. The van der Waals surface area contributed by atoms with Crippen molar-refractivity contribution in [3.05, 3.63) is 11.3 Å². The minimum Gasteiger partial charge on any atom is -0.356 e.